The van der Waals surface area contributed by atoms with Gasteiger partial charge in [0.05, 0.1) is 0 Å². The Labute approximate surface area is 141 Å². The van der Waals surface area contributed by atoms with Crippen molar-refractivity contribution in [1.82, 2.24) is 0 Å². The average Bonchev–Trinajstić information content (AvgIpc) is 2.77. The highest BCUT2D eigenvalue weighted by atomic mass is 31.1. The average molecular weight is 335 g/mol. The number of nitrogens with two attached hydrogens (primary N) is 1. The van der Waals surface area contributed by atoms with Crippen molar-refractivity contribution in [3.05, 3.63) is 64.9 Å². The summed E-state index contributed by atoms with van der Waals surface area (Å²) in [5.41, 5.74) is 13.4. The van der Waals surface area contributed by atoms with E-state index < -0.39 is 8.16 Å². The SMILES string of the molecule is Np1oc2c(c3c4c(ccc3o1)CCC=C4)-c1ccccc1CC2. The topological polar surface area (TPSA) is 52.3 Å². The van der Waals surface area contributed by atoms with Gasteiger partial charge in [0.2, 0.25) is 0 Å². The third-order valence-corrected chi connectivity index (χ3v) is 5.76. The van der Waals surface area contributed by atoms with E-state index in [9.17, 15) is 0 Å². The quantitative estimate of drug-likeness (QED) is 0.584. The number of hydrogen-bond acceptors (Lipinski definition) is 3. The molecule has 0 aliphatic heterocycles. The molecule has 3 aromatic rings. The van der Waals surface area contributed by atoms with Gasteiger partial charge >= 0.3 is 8.16 Å². The molecule has 1 unspecified atom stereocenters. The Morgan fingerprint density at radius 3 is 2.79 bits per heavy atom. The van der Waals surface area contributed by atoms with Crippen LogP contribution in [-0.2, 0) is 19.3 Å². The zero-order chi connectivity index (χ0) is 16.1. The molecule has 24 heavy (non-hydrogen) atoms. The summed E-state index contributed by atoms with van der Waals surface area (Å²) in [4.78, 5) is 0. The fourth-order valence-corrected chi connectivity index (χ4v) is 4.70. The Morgan fingerprint density at radius 2 is 1.83 bits per heavy atom. The van der Waals surface area contributed by atoms with E-state index in [0.29, 0.717) is 0 Å². The van der Waals surface area contributed by atoms with Crippen LogP contribution in [-0.4, -0.2) is 0 Å². The first-order valence-corrected chi connectivity index (χ1v) is 9.61. The summed E-state index contributed by atoms with van der Waals surface area (Å²) in [7, 11) is -1.43. The number of benzene rings is 2. The second-order valence-electron chi connectivity index (χ2n) is 6.38. The van der Waals surface area contributed by atoms with Gasteiger partial charge in [0.1, 0.15) is 11.3 Å². The van der Waals surface area contributed by atoms with Crippen molar-refractivity contribution in [1.29, 1.82) is 0 Å². The Hall–Kier alpha value is -2.22. The molecule has 5 rings (SSSR count). The van der Waals surface area contributed by atoms with Gasteiger partial charge in [-0.15, -0.1) is 0 Å². The first kappa shape index (κ1) is 14.2. The highest BCUT2D eigenvalue weighted by molar-refractivity contribution is 7.36. The Balaban J connectivity index is 2.02. The second-order valence-corrected chi connectivity index (χ2v) is 7.31. The molecule has 2 aliphatic rings. The number of nitrogen functional groups attached to an aromatic ring is 1. The smallest absolute Gasteiger partial charge is 0.303 e. The third-order valence-electron chi connectivity index (χ3n) is 4.99. The zero-order valence-corrected chi connectivity index (χ0v) is 14.2. The van der Waals surface area contributed by atoms with Crippen molar-refractivity contribution >= 4 is 25.2 Å². The number of aryl methyl sites for hydroxylation is 3. The van der Waals surface area contributed by atoms with Crippen LogP contribution in [0.4, 0.5) is 0 Å². The number of allylic oxidation sites excluding steroid dienone is 1. The Bertz CT molecular complexity index is 1030. The number of hydrogen-bond donors (Lipinski definition) is 1. The molecule has 2 aliphatic carbocycles. The molecule has 2 N–H and O–H groups in total. The van der Waals surface area contributed by atoms with Crippen LogP contribution in [0.3, 0.4) is 0 Å². The summed E-state index contributed by atoms with van der Waals surface area (Å²) < 4.78 is 12.0. The van der Waals surface area contributed by atoms with Crippen LogP contribution < -0.4 is 5.50 Å². The van der Waals surface area contributed by atoms with Gasteiger partial charge in [0.15, 0.2) is 0 Å². The molecule has 0 bridgehead atoms. The van der Waals surface area contributed by atoms with E-state index in [-0.39, 0.29) is 0 Å². The molecule has 2 aromatic carbocycles. The molecule has 0 saturated heterocycles. The summed E-state index contributed by atoms with van der Waals surface area (Å²) in [5.74, 6) is 0.980. The van der Waals surface area contributed by atoms with Gasteiger partial charge < -0.3 is 8.39 Å². The van der Waals surface area contributed by atoms with Crippen molar-refractivity contribution in [2.24, 2.45) is 0 Å². The lowest BCUT2D eigenvalue weighted by atomic mass is 9.84. The molecule has 1 aromatic heterocycles. The minimum atomic E-state index is -1.43. The Morgan fingerprint density at radius 1 is 0.917 bits per heavy atom. The van der Waals surface area contributed by atoms with E-state index in [1.54, 1.807) is 0 Å². The standard InChI is InChI=1S/C20H18NO2P/c21-24-22-17-11-9-13-5-1-3-7-15(13)19(17)20-16-8-4-2-6-14(16)10-12-18(20)23-24/h1,3-5,7-8,10,12H,2,6,9,11,21H2. The van der Waals surface area contributed by atoms with E-state index >= 15 is 0 Å². The van der Waals surface area contributed by atoms with Crippen molar-refractivity contribution < 1.29 is 8.39 Å². The van der Waals surface area contributed by atoms with Crippen molar-refractivity contribution in [3.63, 3.8) is 0 Å². The molecule has 0 saturated carbocycles. The maximum absolute atomic E-state index is 6.12. The fraction of sp³-hybridized carbons (Fsp3) is 0.200. The van der Waals surface area contributed by atoms with Crippen molar-refractivity contribution in [2.75, 3.05) is 5.50 Å². The molecular formula is C20H18NO2P. The largest absolute Gasteiger partial charge is 0.413 e. The number of fused-ring (bicyclic) bond motifs is 7. The molecule has 3 nitrogen and oxygen atoms in total. The normalized spacial score (nSPS) is 15.6. The van der Waals surface area contributed by atoms with E-state index in [2.05, 4.69) is 48.6 Å². The van der Waals surface area contributed by atoms with Gasteiger partial charge in [-0.05, 0) is 47.6 Å². The summed E-state index contributed by atoms with van der Waals surface area (Å²) in [6.45, 7) is 0. The second kappa shape index (κ2) is 5.41. The van der Waals surface area contributed by atoms with E-state index in [1.807, 2.05) is 0 Å². The van der Waals surface area contributed by atoms with Gasteiger partial charge in [0.25, 0.3) is 0 Å². The molecule has 4 heteroatoms. The molecule has 1 atom stereocenters. The minimum absolute atomic E-state index is 0.843. The van der Waals surface area contributed by atoms with E-state index in [4.69, 9.17) is 13.9 Å². The van der Waals surface area contributed by atoms with Crippen molar-refractivity contribution in [3.8, 4) is 11.1 Å². The van der Waals surface area contributed by atoms with Crippen LogP contribution in [0, 0.1) is 0 Å². The van der Waals surface area contributed by atoms with Crippen LogP contribution >= 0.6 is 8.16 Å². The highest BCUT2D eigenvalue weighted by Crippen LogP contribution is 2.43. The lowest BCUT2D eigenvalue weighted by molar-refractivity contribution is 0.561. The molecule has 0 amide bonds. The van der Waals surface area contributed by atoms with E-state index in [1.165, 1.54) is 27.8 Å². The summed E-state index contributed by atoms with van der Waals surface area (Å²) in [6.07, 6.45) is 8.50. The summed E-state index contributed by atoms with van der Waals surface area (Å²) in [5, 5.41) is 1.15. The first-order chi connectivity index (χ1) is 11.8. The van der Waals surface area contributed by atoms with Crippen LogP contribution in [0.1, 0.15) is 28.9 Å². The zero-order valence-electron chi connectivity index (χ0n) is 13.3. The predicted molar refractivity (Wildman–Crippen MR) is 99.2 cm³/mol. The monoisotopic (exact) mass is 335 g/mol. The van der Waals surface area contributed by atoms with Crippen LogP contribution in [0.2, 0.25) is 0 Å². The molecule has 0 spiro atoms. The first-order valence-electron chi connectivity index (χ1n) is 8.36. The fourth-order valence-electron chi connectivity index (χ4n) is 3.92. The maximum Gasteiger partial charge on any atom is 0.303 e. The van der Waals surface area contributed by atoms with Crippen molar-refractivity contribution in [2.45, 2.75) is 25.7 Å². The molecule has 1 heterocycles. The maximum atomic E-state index is 6.12. The van der Waals surface area contributed by atoms with Gasteiger partial charge in [-0.25, -0.2) is 5.50 Å². The van der Waals surface area contributed by atoms with Gasteiger partial charge in [-0.3, -0.25) is 0 Å². The summed E-state index contributed by atoms with van der Waals surface area (Å²) >= 11 is 0. The summed E-state index contributed by atoms with van der Waals surface area (Å²) in [6, 6.07) is 12.8. The number of rotatable bonds is 0. The predicted octanol–water partition coefficient (Wildman–Crippen LogP) is 5.58. The molecule has 0 fully saturated rings. The molecule has 0 radical (unpaired) electrons. The minimum Gasteiger partial charge on any atom is -0.413 e. The molecule has 120 valence electrons. The lowest BCUT2D eigenvalue weighted by Gasteiger charge is -2.19. The van der Waals surface area contributed by atoms with Crippen LogP contribution in [0.5, 0.6) is 0 Å². The van der Waals surface area contributed by atoms with Gasteiger partial charge in [0, 0.05) is 17.4 Å². The van der Waals surface area contributed by atoms with Gasteiger partial charge in [-0.2, -0.15) is 0 Å². The lowest BCUT2D eigenvalue weighted by Crippen LogP contribution is -2.04. The third kappa shape index (κ3) is 2.09. The molecular weight excluding hydrogens is 317 g/mol. The van der Waals surface area contributed by atoms with Crippen LogP contribution in [0.15, 0.2) is 50.9 Å². The van der Waals surface area contributed by atoms with Gasteiger partial charge in [-0.1, -0.05) is 42.5 Å². The Kier molecular flexibility index (Phi) is 3.19. The highest BCUT2D eigenvalue weighted by Gasteiger charge is 2.23. The van der Waals surface area contributed by atoms with Crippen LogP contribution in [0.25, 0.3) is 28.2 Å². The van der Waals surface area contributed by atoms with E-state index in [0.717, 1.165) is 42.4 Å².